The van der Waals surface area contributed by atoms with E-state index < -0.39 is 0 Å². The molecular formula is C24H21ClN2O. The van der Waals surface area contributed by atoms with Crippen molar-refractivity contribution >= 4 is 17.5 Å². The molecule has 140 valence electrons. The van der Waals surface area contributed by atoms with Gasteiger partial charge < -0.3 is 0 Å². The summed E-state index contributed by atoms with van der Waals surface area (Å²) in [5.41, 5.74) is 2.38. The van der Waals surface area contributed by atoms with Crippen LogP contribution >= 0.6 is 11.6 Å². The highest BCUT2D eigenvalue weighted by Gasteiger charge is 2.23. The molecular weight excluding hydrogens is 368 g/mol. The van der Waals surface area contributed by atoms with Crippen molar-refractivity contribution in [3.05, 3.63) is 101 Å². The van der Waals surface area contributed by atoms with Crippen molar-refractivity contribution in [1.29, 1.82) is 0 Å². The Balaban J connectivity index is 1.80. The molecule has 1 N–H and O–H groups in total. The number of benzene rings is 2. The number of hydrogen-bond acceptors (Lipinski definition) is 2. The second-order valence-electron chi connectivity index (χ2n) is 6.93. The number of rotatable bonds is 5. The first-order valence-corrected chi connectivity index (χ1v) is 9.44. The third-order valence-corrected chi connectivity index (χ3v) is 4.72. The minimum Gasteiger partial charge on any atom is -0.281 e. The van der Waals surface area contributed by atoms with Gasteiger partial charge in [0, 0.05) is 17.7 Å². The van der Waals surface area contributed by atoms with Crippen molar-refractivity contribution in [2.45, 2.75) is 19.8 Å². The molecule has 0 fully saturated rings. The second-order valence-corrected chi connectivity index (χ2v) is 7.29. The summed E-state index contributed by atoms with van der Waals surface area (Å²) in [6.45, 7) is 2.11. The molecule has 3 aromatic rings. The van der Waals surface area contributed by atoms with E-state index in [1.165, 1.54) is 11.1 Å². The Kier molecular flexibility index (Phi) is 6.47. The van der Waals surface area contributed by atoms with Crippen molar-refractivity contribution in [2.24, 2.45) is 5.41 Å². The van der Waals surface area contributed by atoms with Crippen LogP contribution in [-0.4, -0.2) is 10.9 Å². The topological polar surface area (TPSA) is 42.0 Å². The molecule has 0 bridgehead atoms. The Hall–Kier alpha value is -3.09. The van der Waals surface area contributed by atoms with Gasteiger partial charge in [-0.3, -0.25) is 10.1 Å². The summed E-state index contributed by atoms with van der Waals surface area (Å²) in [5.74, 6) is 2.91. The van der Waals surface area contributed by atoms with E-state index in [0.29, 0.717) is 5.56 Å². The monoisotopic (exact) mass is 388 g/mol. The minimum atomic E-state index is -0.354. The number of pyridine rings is 1. The number of amides is 1. The Bertz CT molecular complexity index is 950. The van der Waals surface area contributed by atoms with Crippen LogP contribution in [-0.2, 0) is 12.8 Å². The molecule has 3 nitrogen and oxygen atoms in total. The van der Waals surface area contributed by atoms with Crippen LogP contribution in [0.4, 0.5) is 0 Å². The lowest BCUT2D eigenvalue weighted by molar-refractivity contribution is 0.0973. The zero-order valence-electron chi connectivity index (χ0n) is 15.7. The zero-order valence-corrected chi connectivity index (χ0v) is 16.4. The Morgan fingerprint density at radius 1 is 0.964 bits per heavy atom. The van der Waals surface area contributed by atoms with Gasteiger partial charge in [0.25, 0.3) is 5.91 Å². The third kappa shape index (κ3) is 5.45. The summed E-state index contributed by atoms with van der Waals surface area (Å²) < 4.78 is 0. The van der Waals surface area contributed by atoms with E-state index in [9.17, 15) is 4.79 Å². The van der Waals surface area contributed by atoms with Crippen LogP contribution in [0.15, 0.2) is 79.0 Å². The number of nitrogens with one attached hydrogen (secondary N) is 1. The highest BCUT2D eigenvalue weighted by molar-refractivity contribution is 6.32. The van der Waals surface area contributed by atoms with Gasteiger partial charge >= 0.3 is 0 Å². The molecule has 3 rings (SSSR count). The minimum absolute atomic E-state index is 0.165. The standard InChI is InChI=1S/C24H21ClN2O/c1-24(17-19-9-4-2-5-10-19,18-20-11-6-3-7-12-20)14-16-27-23(28)21-13-8-15-26-22(21)25/h2-13,15H,17-18H2,1H3,(H,27,28). The van der Waals surface area contributed by atoms with Crippen LogP contribution in [0.5, 0.6) is 0 Å². The summed E-state index contributed by atoms with van der Waals surface area (Å²) >= 11 is 5.98. The largest absolute Gasteiger partial charge is 0.281 e. The molecule has 1 amide bonds. The zero-order chi connectivity index (χ0) is 19.8. The van der Waals surface area contributed by atoms with Crippen LogP contribution in [0, 0.1) is 17.4 Å². The van der Waals surface area contributed by atoms with E-state index in [1.807, 2.05) is 36.4 Å². The second kappa shape index (κ2) is 9.21. The van der Waals surface area contributed by atoms with Crippen molar-refractivity contribution < 1.29 is 4.79 Å². The molecule has 0 aliphatic rings. The first kappa shape index (κ1) is 19.7. The van der Waals surface area contributed by atoms with E-state index >= 15 is 0 Å². The van der Waals surface area contributed by atoms with Crippen molar-refractivity contribution in [2.75, 3.05) is 0 Å². The molecule has 0 unspecified atom stereocenters. The van der Waals surface area contributed by atoms with Crippen molar-refractivity contribution in [1.82, 2.24) is 10.3 Å². The quantitative estimate of drug-likeness (QED) is 0.383. The van der Waals surface area contributed by atoms with Gasteiger partial charge in [0.05, 0.1) is 5.56 Å². The Labute approximate surface area is 170 Å². The molecule has 2 aromatic carbocycles. The van der Waals surface area contributed by atoms with E-state index in [0.717, 1.165) is 12.8 Å². The molecule has 28 heavy (non-hydrogen) atoms. The lowest BCUT2D eigenvalue weighted by Gasteiger charge is -2.24. The summed E-state index contributed by atoms with van der Waals surface area (Å²) in [6.07, 6.45) is 3.10. The van der Waals surface area contributed by atoms with Gasteiger partial charge in [-0.2, -0.15) is 0 Å². The summed E-state index contributed by atoms with van der Waals surface area (Å²) in [5, 5.41) is 2.81. The first-order chi connectivity index (χ1) is 13.6. The van der Waals surface area contributed by atoms with Crippen LogP contribution < -0.4 is 5.32 Å². The molecule has 0 aliphatic heterocycles. The van der Waals surface area contributed by atoms with Gasteiger partial charge in [0.2, 0.25) is 0 Å². The average Bonchev–Trinajstić information content (AvgIpc) is 2.69. The fourth-order valence-electron chi connectivity index (χ4n) is 3.11. The Morgan fingerprint density at radius 3 is 2.07 bits per heavy atom. The van der Waals surface area contributed by atoms with Gasteiger partial charge in [-0.15, -0.1) is 0 Å². The van der Waals surface area contributed by atoms with E-state index in [2.05, 4.69) is 53.5 Å². The molecule has 0 saturated carbocycles. The lowest BCUT2D eigenvalue weighted by atomic mass is 9.79. The number of halogens is 1. The van der Waals surface area contributed by atoms with Gasteiger partial charge in [-0.1, -0.05) is 78.2 Å². The maximum atomic E-state index is 12.3. The van der Waals surface area contributed by atoms with Crippen LogP contribution in [0.3, 0.4) is 0 Å². The van der Waals surface area contributed by atoms with E-state index in [1.54, 1.807) is 18.3 Å². The predicted octanol–water partition coefficient (Wildman–Crippen LogP) is 4.92. The molecule has 1 aromatic heterocycles. The van der Waals surface area contributed by atoms with Crippen molar-refractivity contribution in [3.63, 3.8) is 0 Å². The molecule has 0 saturated heterocycles. The average molecular weight is 389 g/mol. The van der Waals surface area contributed by atoms with Gasteiger partial charge in [0.1, 0.15) is 5.15 Å². The highest BCUT2D eigenvalue weighted by Crippen LogP contribution is 2.27. The maximum Gasteiger partial charge on any atom is 0.265 e. The predicted molar refractivity (Wildman–Crippen MR) is 113 cm³/mol. The number of carbonyl (C=O) groups is 1. The smallest absolute Gasteiger partial charge is 0.265 e. The Morgan fingerprint density at radius 2 is 1.54 bits per heavy atom. The summed E-state index contributed by atoms with van der Waals surface area (Å²) in [6, 6.07) is 26.6. The molecule has 1 heterocycles. The molecule has 0 spiro atoms. The number of aromatic nitrogens is 1. The lowest BCUT2D eigenvalue weighted by Crippen LogP contribution is -2.24. The molecule has 4 heteroatoms. The first-order valence-electron chi connectivity index (χ1n) is 9.07. The summed E-state index contributed by atoms with van der Waals surface area (Å²) in [4.78, 5) is 16.3. The third-order valence-electron chi connectivity index (χ3n) is 4.42. The van der Waals surface area contributed by atoms with Crippen molar-refractivity contribution in [3.8, 4) is 12.0 Å². The number of nitrogens with zero attached hydrogens (tertiary/aromatic N) is 1. The molecule has 0 atom stereocenters. The fourth-order valence-corrected chi connectivity index (χ4v) is 3.31. The molecule has 0 aliphatic carbocycles. The van der Waals surface area contributed by atoms with Crippen LogP contribution in [0.1, 0.15) is 28.4 Å². The number of hydrogen-bond donors (Lipinski definition) is 1. The van der Waals surface area contributed by atoms with Gasteiger partial charge in [-0.25, -0.2) is 4.98 Å². The number of carbonyl (C=O) groups excluding carboxylic acids is 1. The van der Waals surface area contributed by atoms with Crippen LogP contribution in [0.2, 0.25) is 5.15 Å². The SMILES string of the molecule is CC(C#CNC(=O)c1cccnc1Cl)(Cc1ccccc1)Cc1ccccc1. The summed E-state index contributed by atoms with van der Waals surface area (Å²) in [7, 11) is 0. The molecule has 0 radical (unpaired) electrons. The van der Waals surface area contributed by atoms with E-state index in [-0.39, 0.29) is 16.5 Å². The normalized spacial score (nSPS) is 10.6. The van der Waals surface area contributed by atoms with Crippen LogP contribution in [0.25, 0.3) is 0 Å². The maximum absolute atomic E-state index is 12.3. The van der Waals surface area contributed by atoms with Gasteiger partial charge in [0.15, 0.2) is 0 Å². The highest BCUT2D eigenvalue weighted by atomic mass is 35.5. The fraction of sp³-hybridized carbons (Fsp3) is 0.167. The van der Waals surface area contributed by atoms with E-state index in [4.69, 9.17) is 11.6 Å². The van der Waals surface area contributed by atoms with Gasteiger partial charge in [-0.05, 0) is 43.0 Å².